The highest BCUT2D eigenvalue weighted by Gasteiger charge is 2.36. The Bertz CT molecular complexity index is 1330. The van der Waals surface area contributed by atoms with Crippen LogP contribution < -0.4 is 15.0 Å². The quantitative estimate of drug-likeness (QED) is 0.292. The van der Waals surface area contributed by atoms with Gasteiger partial charge in [0.1, 0.15) is 17.9 Å². The number of carbonyl (C=O) groups excluding carboxylic acids is 3. The van der Waals surface area contributed by atoms with Gasteiger partial charge in [0.05, 0.1) is 5.69 Å². The molecule has 34 heavy (non-hydrogen) atoms. The minimum atomic E-state index is -0.766. The summed E-state index contributed by atoms with van der Waals surface area (Å²) in [5.74, 6) is -0.753. The fourth-order valence-electron chi connectivity index (χ4n) is 3.38. The highest BCUT2D eigenvalue weighted by Crippen LogP contribution is 2.26. The van der Waals surface area contributed by atoms with Gasteiger partial charge in [-0.05, 0) is 73.0 Å². The largest absolute Gasteiger partial charge is 0.489 e. The first-order chi connectivity index (χ1) is 16.2. The molecule has 172 valence electrons. The maximum absolute atomic E-state index is 13.1. The Balaban J connectivity index is 1.52. The topological polar surface area (TPSA) is 75.7 Å². The first-order valence-corrected chi connectivity index (χ1v) is 12.0. The molecule has 8 heteroatoms. The molecule has 1 fully saturated rings. The molecular weight excluding hydrogens is 564 g/mol. The number of hydrogen-bond acceptors (Lipinski definition) is 4. The van der Waals surface area contributed by atoms with Crippen LogP contribution in [-0.2, 0) is 16.2 Å². The average Bonchev–Trinajstić information content (AvgIpc) is 2.79. The minimum absolute atomic E-state index is 0.120. The van der Waals surface area contributed by atoms with Crippen LogP contribution in [0.4, 0.5) is 10.5 Å². The monoisotopic (exact) mass is 582 g/mol. The molecule has 0 radical (unpaired) electrons. The lowest BCUT2D eigenvalue weighted by Gasteiger charge is -2.26. The second-order valence-corrected chi connectivity index (χ2v) is 9.59. The third-order valence-electron chi connectivity index (χ3n) is 5.45. The molecule has 0 spiro atoms. The number of nitrogens with one attached hydrogen (secondary N) is 1. The van der Waals surface area contributed by atoms with E-state index < -0.39 is 17.8 Å². The lowest BCUT2D eigenvalue weighted by atomic mass is 10.1. The van der Waals surface area contributed by atoms with Crippen molar-refractivity contribution >= 4 is 61.5 Å². The number of urea groups is 1. The molecule has 3 aromatic carbocycles. The standard InChI is InChI=1S/C26H20Br2N2O4/c1-15-3-8-20(11-16(15)2)30-25(32)22(24(31)29-26(30)33)12-17-4-9-21(10-5-17)34-14-18-6-7-19(27)13-23(18)28/h3-13H,14H2,1-2H3,(H,29,31,33)/b22-12+. The maximum Gasteiger partial charge on any atom is 0.335 e. The molecule has 1 saturated heterocycles. The summed E-state index contributed by atoms with van der Waals surface area (Å²) in [6.45, 7) is 4.21. The Kier molecular flexibility index (Phi) is 7.00. The molecule has 0 atom stereocenters. The van der Waals surface area contributed by atoms with Gasteiger partial charge in [-0.2, -0.15) is 0 Å². The highest BCUT2D eigenvalue weighted by molar-refractivity contribution is 9.11. The first kappa shape index (κ1) is 23.9. The van der Waals surface area contributed by atoms with Gasteiger partial charge in [0.2, 0.25) is 0 Å². The van der Waals surface area contributed by atoms with E-state index in [1.807, 2.05) is 38.1 Å². The molecule has 6 nitrogen and oxygen atoms in total. The Morgan fingerprint density at radius 1 is 0.912 bits per heavy atom. The number of rotatable bonds is 5. The second-order valence-electron chi connectivity index (χ2n) is 7.82. The number of carbonyl (C=O) groups is 3. The summed E-state index contributed by atoms with van der Waals surface area (Å²) < 4.78 is 7.75. The molecule has 1 heterocycles. The van der Waals surface area contributed by atoms with Gasteiger partial charge in [-0.15, -0.1) is 0 Å². The van der Waals surface area contributed by atoms with Crippen LogP contribution in [0.3, 0.4) is 0 Å². The van der Waals surface area contributed by atoms with Crippen LogP contribution >= 0.6 is 31.9 Å². The smallest absolute Gasteiger partial charge is 0.335 e. The van der Waals surface area contributed by atoms with Gasteiger partial charge in [-0.25, -0.2) is 9.69 Å². The fourth-order valence-corrected chi connectivity index (χ4v) is 4.54. The van der Waals surface area contributed by atoms with Crippen LogP contribution in [-0.4, -0.2) is 17.8 Å². The van der Waals surface area contributed by atoms with Crippen molar-refractivity contribution in [3.8, 4) is 5.75 Å². The maximum atomic E-state index is 13.1. The fraction of sp³-hybridized carbons (Fsp3) is 0.115. The summed E-state index contributed by atoms with van der Waals surface area (Å²) in [4.78, 5) is 38.9. The van der Waals surface area contributed by atoms with Gasteiger partial charge in [0.25, 0.3) is 11.8 Å². The Labute approximate surface area is 213 Å². The highest BCUT2D eigenvalue weighted by atomic mass is 79.9. The van der Waals surface area contributed by atoms with Crippen molar-refractivity contribution in [1.29, 1.82) is 0 Å². The number of amides is 4. The van der Waals surface area contributed by atoms with Crippen molar-refractivity contribution in [2.24, 2.45) is 0 Å². The number of ether oxygens (including phenoxy) is 1. The van der Waals surface area contributed by atoms with Gasteiger partial charge in [0.15, 0.2) is 0 Å². The molecule has 4 amide bonds. The van der Waals surface area contributed by atoms with E-state index in [2.05, 4.69) is 37.2 Å². The van der Waals surface area contributed by atoms with E-state index in [4.69, 9.17) is 4.74 Å². The molecule has 1 aliphatic rings. The zero-order valence-corrected chi connectivity index (χ0v) is 21.6. The van der Waals surface area contributed by atoms with Crippen molar-refractivity contribution in [1.82, 2.24) is 5.32 Å². The summed E-state index contributed by atoms with van der Waals surface area (Å²) in [5.41, 5.74) is 3.89. The number of hydrogen-bond donors (Lipinski definition) is 1. The van der Waals surface area contributed by atoms with E-state index in [-0.39, 0.29) is 5.57 Å². The van der Waals surface area contributed by atoms with Gasteiger partial charge >= 0.3 is 6.03 Å². The number of benzene rings is 3. The number of aryl methyl sites for hydroxylation is 2. The summed E-state index contributed by atoms with van der Waals surface area (Å²) in [7, 11) is 0. The van der Waals surface area contributed by atoms with Crippen LogP contribution in [0.25, 0.3) is 6.08 Å². The van der Waals surface area contributed by atoms with Crippen molar-refractivity contribution in [2.45, 2.75) is 20.5 Å². The second kappa shape index (κ2) is 9.95. The number of anilines is 1. The molecule has 1 aliphatic heterocycles. The molecule has 3 aromatic rings. The molecule has 0 bridgehead atoms. The summed E-state index contributed by atoms with van der Waals surface area (Å²) in [6, 6.07) is 17.4. The van der Waals surface area contributed by atoms with Crippen molar-refractivity contribution in [3.05, 3.63) is 97.4 Å². The van der Waals surface area contributed by atoms with Crippen LogP contribution in [0.15, 0.2) is 75.2 Å². The zero-order valence-electron chi connectivity index (χ0n) is 18.4. The summed E-state index contributed by atoms with van der Waals surface area (Å²) in [6.07, 6.45) is 1.47. The normalized spacial score (nSPS) is 15.0. The van der Waals surface area contributed by atoms with Crippen molar-refractivity contribution in [3.63, 3.8) is 0 Å². The van der Waals surface area contributed by atoms with E-state index in [1.54, 1.807) is 36.4 Å². The van der Waals surface area contributed by atoms with Gasteiger partial charge in [-0.3, -0.25) is 14.9 Å². The number of halogens is 2. The van der Waals surface area contributed by atoms with E-state index in [9.17, 15) is 14.4 Å². The minimum Gasteiger partial charge on any atom is -0.489 e. The Hall–Kier alpha value is -3.23. The molecule has 1 N–H and O–H groups in total. The first-order valence-electron chi connectivity index (χ1n) is 10.4. The third-order valence-corrected chi connectivity index (χ3v) is 6.68. The van der Waals surface area contributed by atoms with Crippen molar-refractivity contribution < 1.29 is 19.1 Å². The Morgan fingerprint density at radius 3 is 2.32 bits per heavy atom. The summed E-state index contributed by atoms with van der Waals surface area (Å²) in [5, 5.41) is 2.25. The van der Waals surface area contributed by atoms with E-state index in [1.165, 1.54) is 6.08 Å². The van der Waals surface area contributed by atoms with Crippen LogP contribution in [0.5, 0.6) is 5.75 Å². The molecule has 0 saturated carbocycles. The van der Waals surface area contributed by atoms with E-state index in [0.717, 1.165) is 30.5 Å². The predicted octanol–water partition coefficient (Wildman–Crippen LogP) is 6.07. The van der Waals surface area contributed by atoms with E-state index in [0.29, 0.717) is 23.6 Å². The zero-order chi connectivity index (χ0) is 24.4. The van der Waals surface area contributed by atoms with Crippen LogP contribution in [0, 0.1) is 13.8 Å². The summed E-state index contributed by atoms with van der Waals surface area (Å²) >= 11 is 6.94. The van der Waals surface area contributed by atoms with Crippen molar-refractivity contribution in [2.75, 3.05) is 4.90 Å². The van der Waals surface area contributed by atoms with E-state index >= 15 is 0 Å². The lowest BCUT2D eigenvalue weighted by molar-refractivity contribution is -0.122. The number of imide groups is 2. The average molecular weight is 584 g/mol. The molecule has 4 rings (SSSR count). The molecule has 0 unspecified atom stereocenters. The van der Waals surface area contributed by atoms with Gasteiger partial charge in [-0.1, -0.05) is 56.1 Å². The van der Waals surface area contributed by atoms with Crippen LogP contribution in [0.1, 0.15) is 22.3 Å². The third kappa shape index (κ3) is 5.13. The Morgan fingerprint density at radius 2 is 1.65 bits per heavy atom. The predicted molar refractivity (Wildman–Crippen MR) is 138 cm³/mol. The molecule has 0 aliphatic carbocycles. The lowest BCUT2D eigenvalue weighted by Crippen LogP contribution is -2.54. The van der Waals surface area contributed by atoms with Crippen LogP contribution in [0.2, 0.25) is 0 Å². The number of nitrogens with zero attached hydrogens (tertiary/aromatic N) is 1. The molecular formula is C26H20Br2N2O4. The SMILES string of the molecule is Cc1ccc(N2C(=O)NC(=O)/C(=C\c3ccc(OCc4ccc(Br)cc4Br)cc3)C2=O)cc1C. The van der Waals surface area contributed by atoms with Gasteiger partial charge < -0.3 is 4.74 Å². The molecule has 0 aromatic heterocycles. The van der Waals surface area contributed by atoms with Gasteiger partial charge in [0, 0.05) is 14.5 Å². The number of barbiturate groups is 1.